The van der Waals surface area contributed by atoms with Gasteiger partial charge in [0.15, 0.2) is 0 Å². The summed E-state index contributed by atoms with van der Waals surface area (Å²) in [5.74, 6) is 0.511. The van der Waals surface area contributed by atoms with Crippen LogP contribution in [0.25, 0.3) is 0 Å². The third-order valence-corrected chi connectivity index (χ3v) is 7.76. The lowest BCUT2D eigenvalue weighted by Crippen LogP contribution is -2.30. The van der Waals surface area contributed by atoms with Crippen molar-refractivity contribution in [3.63, 3.8) is 0 Å². The monoisotopic (exact) mass is 520 g/mol. The van der Waals surface area contributed by atoms with E-state index in [9.17, 15) is 26.7 Å². The molecule has 0 radical (unpaired) electrons. The van der Waals surface area contributed by atoms with Crippen LogP contribution in [0.4, 0.5) is 18.9 Å². The van der Waals surface area contributed by atoms with Gasteiger partial charge in [-0.15, -0.1) is 0 Å². The summed E-state index contributed by atoms with van der Waals surface area (Å²) < 4.78 is 73.7. The molecule has 10 heteroatoms. The molecule has 3 aromatic rings. The van der Waals surface area contributed by atoms with Crippen molar-refractivity contribution in [3.8, 4) is 11.5 Å². The van der Waals surface area contributed by atoms with E-state index in [1.165, 1.54) is 25.0 Å². The van der Waals surface area contributed by atoms with Crippen LogP contribution in [0.5, 0.6) is 11.5 Å². The molecule has 1 aliphatic heterocycles. The van der Waals surface area contributed by atoms with E-state index in [0.29, 0.717) is 24.0 Å². The summed E-state index contributed by atoms with van der Waals surface area (Å²) in [4.78, 5) is 1.83. The van der Waals surface area contributed by atoms with Gasteiger partial charge in [0.05, 0.1) is 22.7 Å². The minimum Gasteiger partial charge on any atom is -0.508 e. The smallest absolute Gasteiger partial charge is 0.416 e. The number of ether oxygens (including phenoxy) is 1. The van der Waals surface area contributed by atoms with Gasteiger partial charge in [0.1, 0.15) is 18.1 Å². The fourth-order valence-corrected chi connectivity index (χ4v) is 5.60. The van der Waals surface area contributed by atoms with Gasteiger partial charge >= 0.3 is 6.18 Å². The molecule has 0 aliphatic carbocycles. The molecule has 1 heterocycles. The fraction of sp³-hybridized carbons (Fsp3) is 0.308. The lowest BCUT2D eigenvalue weighted by atomic mass is 10.2. The molecule has 36 heavy (non-hydrogen) atoms. The molecule has 1 aliphatic rings. The predicted octanol–water partition coefficient (Wildman–Crippen LogP) is 5.28. The second kappa shape index (κ2) is 10.8. The number of rotatable bonds is 9. The number of phenols is 1. The third-order valence-electron chi connectivity index (χ3n) is 5.99. The van der Waals surface area contributed by atoms with Crippen LogP contribution < -0.4 is 9.04 Å². The number of hydrogen-bond acceptors (Lipinski definition) is 5. The largest absolute Gasteiger partial charge is 0.508 e. The highest BCUT2D eigenvalue weighted by Crippen LogP contribution is 2.33. The van der Waals surface area contributed by atoms with E-state index >= 15 is 0 Å². The molecule has 6 nitrogen and oxygen atoms in total. The van der Waals surface area contributed by atoms with Crippen molar-refractivity contribution in [2.75, 3.05) is 30.5 Å². The molecule has 0 amide bonds. The van der Waals surface area contributed by atoms with Gasteiger partial charge in [-0.3, -0.25) is 9.21 Å². The quantitative estimate of drug-likeness (QED) is 0.416. The van der Waals surface area contributed by atoms with Crippen molar-refractivity contribution < 1.29 is 31.4 Å². The van der Waals surface area contributed by atoms with Crippen LogP contribution in [-0.4, -0.2) is 44.7 Å². The molecule has 0 unspecified atom stereocenters. The minimum absolute atomic E-state index is 0.0503. The van der Waals surface area contributed by atoms with Crippen molar-refractivity contribution in [1.29, 1.82) is 0 Å². The zero-order valence-corrected chi connectivity index (χ0v) is 20.3. The van der Waals surface area contributed by atoms with Crippen LogP contribution in [0.15, 0.2) is 77.7 Å². The zero-order valence-electron chi connectivity index (χ0n) is 19.5. The Morgan fingerprint density at radius 1 is 0.944 bits per heavy atom. The predicted molar refractivity (Wildman–Crippen MR) is 131 cm³/mol. The third kappa shape index (κ3) is 6.30. The summed E-state index contributed by atoms with van der Waals surface area (Å²) in [5.41, 5.74) is -0.332. The summed E-state index contributed by atoms with van der Waals surface area (Å²) in [6.07, 6.45) is -2.32. The molecule has 0 atom stereocenters. The molecule has 0 aromatic heterocycles. The SMILES string of the molecule is O=S(=O)(c1cccc(C(F)(F)F)c1)N(Cc1cccc(O)c1)c1ccc(OCCN2CCCC2)cc1. The van der Waals surface area contributed by atoms with Crippen molar-refractivity contribution in [1.82, 2.24) is 4.90 Å². The van der Waals surface area contributed by atoms with Crippen LogP contribution in [0, 0.1) is 0 Å². The molecular weight excluding hydrogens is 493 g/mol. The molecule has 0 saturated carbocycles. The first-order valence-corrected chi connectivity index (χ1v) is 13.0. The van der Waals surface area contributed by atoms with E-state index in [1.54, 1.807) is 36.4 Å². The number of phenolic OH excluding ortho intramolecular Hbond substituents is 1. The molecule has 0 bridgehead atoms. The first-order chi connectivity index (χ1) is 17.1. The number of nitrogens with zero attached hydrogens (tertiary/aromatic N) is 2. The standard InChI is InChI=1S/C26H27F3N2O4S/c27-26(28,29)21-6-4-8-25(18-21)36(33,34)31(19-20-5-3-7-23(32)17-20)22-9-11-24(12-10-22)35-16-15-30-13-1-2-14-30/h3-12,17-18,32H,1-2,13-16,19H2. The Morgan fingerprint density at radius 2 is 1.64 bits per heavy atom. The van der Waals surface area contributed by atoms with Crippen molar-refractivity contribution >= 4 is 15.7 Å². The highest BCUT2D eigenvalue weighted by Gasteiger charge is 2.33. The van der Waals surface area contributed by atoms with Crippen LogP contribution in [0.1, 0.15) is 24.0 Å². The summed E-state index contributed by atoms with van der Waals surface area (Å²) in [6, 6.07) is 16.1. The lowest BCUT2D eigenvalue weighted by molar-refractivity contribution is -0.137. The van der Waals surface area contributed by atoms with Gasteiger partial charge < -0.3 is 9.84 Å². The second-order valence-corrected chi connectivity index (χ2v) is 10.5. The lowest BCUT2D eigenvalue weighted by Gasteiger charge is -2.25. The van der Waals surface area contributed by atoms with E-state index in [2.05, 4.69) is 4.90 Å². The molecule has 0 spiro atoms. The van der Waals surface area contributed by atoms with E-state index < -0.39 is 26.7 Å². The number of aromatic hydroxyl groups is 1. The zero-order chi connectivity index (χ0) is 25.8. The van der Waals surface area contributed by atoms with Crippen LogP contribution in [0.3, 0.4) is 0 Å². The first kappa shape index (κ1) is 25.8. The summed E-state index contributed by atoms with van der Waals surface area (Å²) in [5, 5.41) is 9.83. The van der Waals surface area contributed by atoms with Gasteiger partial charge in [0, 0.05) is 6.54 Å². The Bertz CT molecular complexity index is 1270. The van der Waals surface area contributed by atoms with Crippen LogP contribution in [0.2, 0.25) is 0 Å². The molecule has 1 N–H and O–H groups in total. The van der Waals surface area contributed by atoms with Crippen LogP contribution >= 0.6 is 0 Å². The Labute approximate surface area is 208 Å². The average Bonchev–Trinajstić information content (AvgIpc) is 3.36. The second-order valence-electron chi connectivity index (χ2n) is 8.60. The van der Waals surface area contributed by atoms with Gasteiger partial charge in [-0.1, -0.05) is 18.2 Å². The summed E-state index contributed by atoms with van der Waals surface area (Å²) in [7, 11) is -4.38. The van der Waals surface area contributed by atoms with Gasteiger partial charge in [-0.2, -0.15) is 13.2 Å². The highest BCUT2D eigenvalue weighted by molar-refractivity contribution is 7.92. The number of likely N-dealkylation sites (tertiary alicyclic amines) is 1. The first-order valence-electron chi connectivity index (χ1n) is 11.6. The number of halogens is 3. The van der Waals surface area contributed by atoms with E-state index in [1.807, 2.05) is 0 Å². The van der Waals surface area contributed by atoms with Crippen molar-refractivity contribution in [2.24, 2.45) is 0 Å². The van der Waals surface area contributed by atoms with Crippen molar-refractivity contribution in [2.45, 2.75) is 30.5 Å². The van der Waals surface area contributed by atoms with Gasteiger partial charge in [0.2, 0.25) is 0 Å². The van der Waals surface area contributed by atoms with E-state index in [0.717, 1.165) is 42.1 Å². The molecule has 3 aromatic carbocycles. The number of sulfonamides is 1. The van der Waals surface area contributed by atoms with Gasteiger partial charge in [-0.25, -0.2) is 8.42 Å². The van der Waals surface area contributed by atoms with Gasteiger partial charge in [0.25, 0.3) is 10.0 Å². The maximum absolute atomic E-state index is 13.6. The molecular formula is C26H27F3N2O4S. The molecule has 192 valence electrons. The van der Waals surface area contributed by atoms with E-state index in [-0.39, 0.29) is 18.0 Å². The number of hydrogen-bond donors (Lipinski definition) is 1. The Morgan fingerprint density at radius 3 is 2.31 bits per heavy atom. The van der Waals surface area contributed by atoms with Crippen LogP contribution in [-0.2, 0) is 22.7 Å². The van der Waals surface area contributed by atoms with E-state index in [4.69, 9.17) is 4.74 Å². The summed E-state index contributed by atoms with van der Waals surface area (Å²) in [6.45, 7) is 3.21. The van der Waals surface area contributed by atoms with Gasteiger partial charge in [-0.05, 0) is 86.1 Å². The topological polar surface area (TPSA) is 70.1 Å². The maximum Gasteiger partial charge on any atom is 0.416 e. The Hall–Kier alpha value is -3.24. The minimum atomic E-state index is -4.68. The number of alkyl halides is 3. The maximum atomic E-state index is 13.6. The molecule has 1 saturated heterocycles. The Balaban J connectivity index is 1.61. The average molecular weight is 521 g/mol. The molecule has 4 rings (SSSR count). The van der Waals surface area contributed by atoms with Crippen molar-refractivity contribution in [3.05, 3.63) is 83.9 Å². The Kier molecular flexibility index (Phi) is 7.75. The highest BCUT2D eigenvalue weighted by atomic mass is 32.2. The number of anilines is 1. The summed E-state index contributed by atoms with van der Waals surface area (Å²) >= 11 is 0. The normalized spacial score (nSPS) is 14.6. The molecule has 1 fully saturated rings. The fourth-order valence-electron chi connectivity index (χ4n) is 4.10. The number of benzene rings is 3.